The van der Waals surface area contributed by atoms with Crippen LogP contribution in [0.5, 0.6) is 0 Å². The second kappa shape index (κ2) is 7.77. The molecule has 1 fully saturated rings. The van der Waals surface area contributed by atoms with Crippen LogP contribution >= 0.6 is 0 Å². The summed E-state index contributed by atoms with van der Waals surface area (Å²) in [4.78, 5) is 12.2. The van der Waals surface area contributed by atoms with E-state index in [4.69, 9.17) is 9.97 Å². The Morgan fingerprint density at radius 3 is 2.64 bits per heavy atom. The Morgan fingerprint density at radius 1 is 1.11 bits per heavy atom. The second-order valence-electron chi connectivity index (χ2n) is 7.53. The van der Waals surface area contributed by atoms with Gasteiger partial charge in [0.1, 0.15) is 11.6 Å². The van der Waals surface area contributed by atoms with Gasteiger partial charge >= 0.3 is 0 Å². The highest BCUT2D eigenvalue weighted by Crippen LogP contribution is 2.35. The van der Waals surface area contributed by atoms with Crippen molar-refractivity contribution < 1.29 is 8.42 Å². The summed E-state index contributed by atoms with van der Waals surface area (Å²) in [6.45, 7) is 2.26. The van der Waals surface area contributed by atoms with Crippen LogP contribution in [-0.4, -0.2) is 54.8 Å². The van der Waals surface area contributed by atoms with Crippen LogP contribution in [0.1, 0.15) is 42.4 Å². The smallest absolute Gasteiger partial charge is 0.243 e. The lowest BCUT2D eigenvalue weighted by Crippen LogP contribution is -2.39. The SMILES string of the molecule is CNc1nc(C2CCCCN2S(=O)(=O)c2ccccc2)nc2c1CN(C)CC2. The maximum Gasteiger partial charge on any atom is 0.243 e. The Morgan fingerprint density at radius 2 is 1.89 bits per heavy atom. The standard InChI is InChI=1S/C20H27N5O2S/c1-21-19-16-14-24(2)13-11-17(16)22-20(23-19)18-10-6-7-12-25(18)28(26,27)15-8-4-3-5-9-15/h3-5,8-9,18H,6-7,10-14H2,1-2H3,(H,21,22,23). The van der Waals surface area contributed by atoms with Gasteiger partial charge in [0.25, 0.3) is 0 Å². The molecule has 1 aromatic heterocycles. The van der Waals surface area contributed by atoms with Crippen molar-refractivity contribution in [2.24, 2.45) is 0 Å². The van der Waals surface area contributed by atoms with Gasteiger partial charge in [-0.2, -0.15) is 4.31 Å². The number of nitrogens with one attached hydrogen (secondary N) is 1. The Kier molecular flexibility index (Phi) is 5.35. The molecular weight excluding hydrogens is 374 g/mol. The average molecular weight is 402 g/mol. The molecule has 1 N–H and O–H groups in total. The highest BCUT2D eigenvalue weighted by atomic mass is 32.2. The van der Waals surface area contributed by atoms with E-state index in [1.165, 1.54) is 0 Å². The van der Waals surface area contributed by atoms with Gasteiger partial charge in [-0.15, -0.1) is 0 Å². The van der Waals surface area contributed by atoms with Crippen LogP contribution in [0.15, 0.2) is 35.2 Å². The molecule has 0 radical (unpaired) electrons. The Labute approximate surface area is 166 Å². The topological polar surface area (TPSA) is 78.4 Å². The number of hydrogen-bond donors (Lipinski definition) is 1. The lowest BCUT2D eigenvalue weighted by Gasteiger charge is -2.35. The molecule has 2 aliphatic rings. The van der Waals surface area contributed by atoms with E-state index in [0.29, 0.717) is 17.3 Å². The number of anilines is 1. The molecule has 0 spiro atoms. The van der Waals surface area contributed by atoms with Crippen LogP contribution in [0, 0.1) is 0 Å². The second-order valence-corrected chi connectivity index (χ2v) is 9.42. The van der Waals surface area contributed by atoms with E-state index in [2.05, 4.69) is 17.3 Å². The Bertz CT molecular complexity index is 931. The van der Waals surface area contributed by atoms with Gasteiger partial charge in [-0.1, -0.05) is 24.6 Å². The van der Waals surface area contributed by atoms with Crippen molar-refractivity contribution in [2.75, 3.05) is 32.5 Å². The van der Waals surface area contributed by atoms with E-state index in [-0.39, 0.29) is 6.04 Å². The van der Waals surface area contributed by atoms with Gasteiger partial charge in [-0.25, -0.2) is 18.4 Å². The molecule has 1 atom stereocenters. The van der Waals surface area contributed by atoms with Crippen molar-refractivity contribution >= 4 is 15.8 Å². The number of nitrogens with zero attached hydrogens (tertiary/aromatic N) is 4. The Balaban J connectivity index is 1.75. The fourth-order valence-electron chi connectivity index (χ4n) is 4.10. The zero-order chi connectivity index (χ0) is 19.7. The molecule has 0 amide bonds. The molecule has 0 saturated carbocycles. The molecule has 1 unspecified atom stereocenters. The van der Waals surface area contributed by atoms with Crippen LogP contribution in [-0.2, 0) is 23.0 Å². The van der Waals surface area contributed by atoms with Crippen LogP contribution in [0.4, 0.5) is 5.82 Å². The summed E-state index contributed by atoms with van der Waals surface area (Å²) in [5.41, 5.74) is 2.16. The van der Waals surface area contributed by atoms with Crippen LogP contribution in [0.3, 0.4) is 0 Å². The first-order chi connectivity index (χ1) is 13.5. The first-order valence-electron chi connectivity index (χ1n) is 9.83. The lowest BCUT2D eigenvalue weighted by molar-refractivity contribution is 0.244. The van der Waals surface area contributed by atoms with Gasteiger partial charge in [0.2, 0.25) is 10.0 Å². The predicted octanol–water partition coefficient (Wildman–Crippen LogP) is 2.42. The van der Waals surface area contributed by atoms with E-state index in [1.54, 1.807) is 28.6 Å². The summed E-state index contributed by atoms with van der Waals surface area (Å²) in [7, 11) is 0.366. The zero-order valence-electron chi connectivity index (χ0n) is 16.4. The highest BCUT2D eigenvalue weighted by Gasteiger charge is 2.37. The molecular formula is C20H27N5O2S. The van der Waals surface area contributed by atoms with Crippen LogP contribution in [0.2, 0.25) is 0 Å². The van der Waals surface area contributed by atoms with Gasteiger partial charge in [0, 0.05) is 38.7 Å². The number of likely N-dealkylation sites (N-methyl/N-ethyl adjacent to an activating group) is 1. The minimum Gasteiger partial charge on any atom is -0.373 e. The van der Waals surface area contributed by atoms with Gasteiger partial charge in [-0.3, -0.25) is 0 Å². The van der Waals surface area contributed by atoms with Crippen LogP contribution in [0.25, 0.3) is 0 Å². The molecule has 2 aliphatic heterocycles. The number of benzene rings is 1. The minimum absolute atomic E-state index is 0.323. The van der Waals surface area contributed by atoms with Gasteiger partial charge in [-0.05, 0) is 32.0 Å². The van der Waals surface area contributed by atoms with Gasteiger partial charge < -0.3 is 10.2 Å². The van der Waals surface area contributed by atoms with Gasteiger partial charge in [0.15, 0.2) is 0 Å². The first-order valence-corrected chi connectivity index (χ1v) is 11.3. The van der Waals surface area contributed by atoms with E-state index < -0.39 is 10.0 Å². The first kappa shape index (κ1) is 19.3. The molecule has 0 bridgehead atoms. The van der Waals surface area contributed by atoms with Crippen molar-refractivity contribution in [3.63, 3.8) is 0 Å². The largest absolute Gasteiger partial charge is 0.373 e. The summed E-state index contributed by atoms with van der Waals surface area (Å²) < 4.78 is 28.2. The van der Waals surface area contributed by atoms with Crippen molar-refractivity contribution in [3.05, 3.63) is 47.4 Å². The lowest BCUT2D eigenvalue weighted by atomic mass is 10.0. The van der Waals surface area contributed by atoms with E-state index in [1.807, 2.05) is 13.1 Å². The fraction of sp³-hybridized carbons (Fsp3) is 0.500. The molecule has 4 rings (SSSR count). The van der Waals surface area contributed by atoms with Crippen LogP contribution < -0.4 is 5.32 Å². The monoisotopic (exact) mass is 401 g/mol. The summed E-state index contributed by atoms with van der Waals surface area (Å²) in [6, 6.07) is 8.34. The highest BCUT2D eigenvalue weighted by molar-refractivity contribution is 7.89. The molecule has 1 aromatic carbocycles. The molecule has 1 saturated heterocycles. The Hall–Kier alpha value is -2.03. The summed E-state index contributed by atoms with van der Waals surface area (Å²) in [6.07, 6.45) is 3.43. The molecule has 0 aliphatic carbocycles. The molecule has 2 aromatic rings. The van der Waals surface area contributed by atoms with Gasteiger partial charge in [0.05, 0.1) is 16.6 Å². The number of fused-ring (bicyclic) bond motifs is 1. The summed E-state index contributed by atoms with van der Waals surface area (Å²) in [5.74, 6) is 1.43. The quantitative estimate of drug-likeness (QED) is 0.848. The van der Waals surface area contributed by atoms with E-state index >= 15 is 0 Å². The predicted molar refractivity (Wildman–Crippen MR) is 109 cm³/mol. The maximum absolute atomic E-state index is 13.3. The zero-order valence-corrected chi connectivity index (χ0v) is 17.2. The van der Waals surface area contributed by atoms with Crippen molar-refractivity contribution in [2.45, 2.75) is 43.2 Å². The fourth-order valence-corrected chi connectivity index (χ4v) is 5.78. The normalized spacial score (nSPS) is 21.3. The summed E-state index contributed by atoms with van der Waals surface area (Å²) in [5, 5.41) is 3.19. The van der Waals surface area contributed by atoms with E-state index in [0.717, 1.165) is 55.8 Å². The summed E-state index contributed by atoms with van der Waals surface area (Å²) >= 11 is 0. The molecule has 150 valence electrons. The number of hydrogen-bond acceptors (Lipinski definition) is 6. The number of aromatic nitrogens is 2. The third kappa shape index (κ3) is 3.52. The minimum atomic E-state index is -3.58. The third-order valence-corrected chi connectivity index (χ3v) is 7.53. The molecule has 7 nitrogen and oxygen atoms in total. The van der Waals surface area contributed by atoms with Crippen molar-refractivity contribution in [1.29, 1.82) is 0 Å². The number of sulfonamides is 1. The molecule has 28 heavy (non-hydrogen) atoms. The number of piperidine rings is 1. The molecule has 8 heteroatoms. The average Bonchev–Trinajstić information content (AvgIpc) is 2.73. The molecule has 3 heterocycles. The third-order valence-electron chi connectivity index (χ3n) is 5.61. The van der Waals surface area contributed by atoms with Crippen molar-refractivity contribution in [1.82, 2.24) is 19.2 Å². The van der Waals surface area contributed by atoms with E-state index in [9.17, 15) is 8.42 Å². The van der Waals surface area contributed by atoms with Crippen molar-refractivity contribution in [3.8, 4) is 0 Å². The maximum atomic E-state index is 13.3. The number of rotatable bonds is 4.